The number of benzene rings is 1. The number of rotatable bonds is 9. The Kier molecular flexibility index (Phi) is 7.60. The molecule has 4 heterocycles. The van der Waals surface area contributed by atoms with Gasteiger partial charge >= 0.3 is 12.1 Å². The van der Waals surface area contributed by atoms with Gasteiger partial charge in [0.15, 0.2) is 0 Å². The van der Waals surface area contributed by atoms with E-state index in [1.165, 1.54) is 52.3 Å². The third-order valence-corrected chi connectivity index (χ3v) is 9.08. The van der Waals surface area contributed by atoms with Gasteiger partial charge in [-0.1, -0.05) is 0 Å². The van der Waals surface area contributed by atoms with Crippen LogP contribution in [0.4, 0.5) is 10.5 Å². The van der Waals surface area contributed by atoms with Crippen LogP contribution in [0.3, 0.4) is 0 Å². The quantitative estimate of drug-likeness (QED) is 0.257. The molecule has 12 nitrogen and oxygen atoms in total. The van der Waals surface area contributed by atoms with Crippen LogP contribution in [-0.4, -0.2) is 71.8 Å². The van der Waals surface area contributed by atoms with Crippen LogP contribution in [0.15, 0.2) is 45.8 Å². The van der Waals surface area contributed by atoms with Crippen molar-refractivity contribution >= 4 is 46.8 Å². The van der Waals surface area contributed by atoms with Crippen LogP contribution in [0.1, 0.15) is 43.5 Å². The van der Waals surface area contributed by atoms with Crippen molar-refractivity contribution in [1.29, 1.82) is 0 Å². The number of ether oxygens (including phenoxy) is 1. The minimum absolute atomic E-state index is 0.0127. The van der Waals surface area contributed by atoms with Crippen molar-refractivity contribution in [2.75, 3.05) is 6.54 Å². The summed E-state index contributed by atoms with van der Waals surface area (Å²) in [5.41, 5.74) is 2.93. The molecule has 1 aromatic heterocycles. The normalized spacial score (nSPS) is 24.9. The number of aromatic nitrogens is 1. The Labute approximate surface area is 231 Å². The summed E-state index contributed by atoms with van der Waals surface area (Å²) in [7, 11) is 0. The number of fused-ring (bicyclic) bond motifs is 1. The summed E-state index contributed by atoms with van der Waals surface area (Å²) in [6.07, 6.45) is -0.0192. The molecule has 0 bridgehead atoms. The molecule has 2 aromatic rings. The molecule has 0 saturated carbocycles. The highest BCUT2D eigenvalue weighted by molar-refractivity contribution is 8.03. The molecule has 5 rings (SSSR count). The van der Waals surface area contributed by atoms with Gasteiger partial charge in [-0.15, -0.1) is 23.1 Å². The molecule has 2 N–H and O–H groups in total. The molecule has 0 unspecified atom stereocenters. The number of likely N-dealkylation sites (tertiary alicyclic amines) is 1. The summed E-state index contributed by atoms with van der Waals surface area (Å²) in [4.78, 5) is 56.2. The van der Waals surface area contributed by atoms with Gasteiger partial charge in [0.2, 0.25) is 5.91 Å². The summed E-state index contributed by atoms with van der Waals surface area (Å²) in [5.74, 6) is -1.86. The van der Waals surface area contributed by atoms with Crippen molar-refractivity contribution in [2.24, 2.45) is 5.92 Å². The van der Waals surface area contributed by atoms with E-state index in [4.69, 9.17) is 4.74 Å². The monoisotopic (exact) mass is 574 g/mol. The van der Waals surface area contributed by atoms with Crippen LogP contribution in [0.5, 0.6) is 0 Å². The van der Waals surface area contributed by atoms with Crippen molar-refractivity contribution in [2.45, 2.75) is 56.2 Å². The number of amides is 2. The minimum atomic E-state index is -1.17. The van der Waals surface area contributed by atoms with Crippen LogP contribution >= 0.6 is 23.1 Å². The van der Waals surface area contributed by atoms with E-state index in [9.17, 15) is 34.7 Å². The Bertz CT molecular complexity index is 1310. The number of aliphatic hydroxyl groups excluding tert-OH is 1. The van der Waals surface area contributed by atoms with Gasteiger partial charge in [-0.2, -0.15) is 0 Å². The van der Waals surface area contributed by atoms with Crippen LogP contribution in [-0.2, 0) is 20.9 Å². The molecular formula is C25H26N4O8S2. The lowest BCUT2D eigenvalue weighted by Crippen LogP contribution is -2.59. The van der Waals surface area contributed by atoms with Gasteiger partial charge in [-0.25, -0.2) is 14.6 Å². The van der Waals surface area contributed by atoms with E-state index in [1.54, 1.807) is 17.3 Å². The zero-order valence-electron chi connectivity index (χ0n) is 20.8. The second-order valence-corrected chi connectivity index (χ2v) is 11.9. The number of carboxylic acids is 1. The number of hydrogen-bond donors (Lipinski definition) is 2. The van der Waals surface area contributed by atoms with E-state index in [0.29, 0.717) is 29.0 Å². The average molecular weight is 575 g/mol. The highest BCUT2D eigenvalue weighted by atomic mass is 32.2. The molecule has 0 radical (unpaired) electrons. The molecule has 0 aliphatic carbocycles. The number of carboxylic acid groups (broad SMARTS) is 1. The van der Waals surface area contributed by atoms with E-state index in [0.717, 1.165) is 0 Å². The molecule has 206 valence electrons. The number of hydrogen-bond acceptors (Lipinski definition) is 10. The highest BCUT2D eigenvalue weighted by Crippen LogP contribution is 2.50. The van der Waals surface area contributed by atoms with Crippen molar-refractivity contribution in [1.82, 2.24) is 14.8 Å². The number of nitro groups is 1. The number of carbonyl (C=O) groups is 3. The van der Waals surface area contributed by atoms with Crippen LogP contribution in [0.25, 0.3) is 0 Å². The van der Waals surface area contributed by atoms with E-state index in [-0.39, 0.29) is 54.2 Å². The maximum absolute atomic E-state index is 13.1. The highest BCUT2D eigenvalue weighted by Gasteiger charge is 2.55. The first-order valence-corrected chi connectivity index (χ1v) is 14.1. The van der Waals surface area contributed by atoms with Crippen LogP contribution in [0.2, 0.25) is 0 Å². The van der Waals surface area contributed by atoms with Crippen molar-refractivity contribution < 1.29 is 34.3 Å². The van der Waals surface area contributed by atoms with E-state index in [1.807, 2.05) is 5.38 Å². The van der Waals surface area contributed by atoms with Crippen molar-refractivity contribution in [3.63, 3.8) is 0 Å². The number of β-lactam (4-membered cyclic amide) rings is 1. The lowest BCUT2D eigenvalue weighted by atomic mass is 9.83. The average Bonchev–Trinajstić information content (AvgIpc) is 3.64. The third kappa shape index (κ3) is 5.36. The van der Waals surface area contributed by atoms with Gasteiger partial charge in [0, 0.05) is 40.6 Å². The number of nitro benzene ring substituents is 1. The molecule has 0 spiro atoms. The molecule has 2 saturated heterocycles. The Morgan fingerprint density at radius 1 is 1.33 bits per heavy atom. The fourth-order valence-electron chi connectivity index (χ4n) is 5.38. The number of aliphatic hydroxyl groups is 1. The standard InChI is InChI=1S/C25H26N4O8S2/c1-13(30)6-17-19-8-21(22(24(32)33)28(19)23(17)31)39-16-7-20(18-11-38-12-26-18)27(9-16)25(34)37-10-14-2-4-15(5-3-14)29(35)36/h2-5,11-13,16-17,19-20,30H,6-10H2,1H3,(H,32,33)/t13-,16+,17+,19+,20+/m1/s1. The molecule has 1 aromatic carbocycles. The molecule has 3 aliphatic heterocycles. The van der Waals surface area contributed by atoms with Gasteiger partial charge in [0.05, 0.1) is 40.2 Å². The number of carbonyl (C=O) groups excluding carboxylic acids is 2. The smallest absolute Gasteiger partial charge is 0.410 e. The predicted molar refractivity (Wildman–Crippen MR) is 141 cm³/mol. The Morgan fingerprint density at radius 3 is 2.69 bits per heavy atom. The fourth-order valence-corrected chi connectivity index (χ4v) is 7.46. The third-order valence-electron chi connectivity index (χ3n) is 7.16. The summed E-state index contributed by atoms with van der Waals surface area (Å²) in [6, 6.07) is 5.11. The number of thioether (sulfide) groups is 1. The number of aliphatic carboxylic acids is 1. The van der Waals surface area contributed by atoms with Gasteiger partial charge in [-0.05, 0) is 37.5 Å². The lowest BCUT2D eigenvalue weighted by Gasteiger charge is -2.43. The zero-order valence-corrected chi connectivity index (χ0v) is 22.5. The first kappa shape index (κ1) is 27.1. The predicted octanol–water partition coefficient (Wildman–Crippen LogP) is 3.53. The number of non-ortho nitro benzene ring substituents is 1. The van der Waals surface area contributed by atoms with E-state index < -0.39 is 29.0 Å². The topological polar surface area (TPSA) is 163 Å². The summed E-state index contributed by atoms with van der Waals surface area (Å²) in [6.45, 7) is 1.84. The SMILES string of the molecule is C[C@@H](O)C[C@@H]1C(=O)N2C(C(=O)O)=C(S[C@H]3C[C@@H](c4cscn4)N(C(=O)OCc4ccc([N+](=O)[O-])cc4)C3)C[C@@H]12. The van der Waals surface area contributed by atoms with Crippen molar-refractivity contribution in [3.05, 3.63) is 67.1 Å². The summed E-state index contributed by atoms with van der Waals surface area (Å²) in [5, 5.41) is 32.2. The van der Waals surface area contributed by atoms with Crippen LogP contribution in [0, 0.1) is 16.0 Å². The molecule has 39 heavy (non-hydrogen) atoms. The Hall–Kier alpha value is -3.49. The van der Waals surface area contributed by atoms with E-state index >= 15 is 0 Å². The van der Waals surface area contributed by atoms with E-state index in [2.05, 4.69) is 4.98 Å². The van der Waals surface area contributed by atoms with Crippen molar-refractivity contribution in [3.8, 4) is 0 Å². The maximum Gasteiger partial charge on any atom is 0.410 e. The van der Waals surface area contributed by atoms with Gasteiger partial charge in [0.1, 0.15) is 12.3 Å². The second-order valence-electron chi connectivity index (χ2n) is 9.78. The molecule has 5 atom stereocenters. The molecule has 2 amide bonds. The molecule has 14 heteroatoms. The zero-order chi connectivity index (χ0) is 27.8. The first-order chi connectivity index (χ1) is 18.6. The maximum atomic E-state index is 13.1. The first-order valence-electron chi connectivity index (χ1n) is 12.3. The van der Waals surface area contributed by atoms with Gasteiger partial charge < -0.3 is 19.8 Å². The lowest BCUT2D eigenvalue weighted by molar-refractivity contribution is -0.384. The largest absolute Gasteiger partial charge is 0.477 e. The van der Waals surface area contributed by atoms with Gasteiger partial charge in [-0.3, -0.25) is 19.8 Å². The van der Waals surface area contributed by atoms with Crippen LogP contribution < -0.4 is 0 Å². The van der Waals surface area contributed by atoms with Gasteiger partial charge in [0.25, 0.3) is 5.69 Å². The number of nitrogens with zero attached hydrogens (tertiary/aromatic N) is 4. The Morgan fingerprint density at radius 2 is 2.08 bits per heavy atom. The second kappa shape index (κ2) is 10.9. The Balaban J connectivity index is 1.29. The molecule has 2 fully saturated rings. The molecular weight excluding hydrogens is 548 g/mol. The number of thiazole rings is 1. The summed E-state index contributed by atoms with van der Waals surface area (Å²) >= 11 is 2.77. The minimum Gasteiger partial charge on any atom is -0.477 e. The fraction of sp³-hybridized carbons (Fsp3) is 0.440. The summed E-state index contributed by atoms with van der Waals surface area (Å²) < 4.78 is 5.53. The molecule has 3 aliphatic rings.